The van der Waals surface area contributed by atoms with Crippen LogP contribution >= 0.6 is 12.6 Å². The molecular weight excluding hydrogens is 196 g/mol. The molecule has 0 aliphatic heterocycles. The van der Waals surface area contributed by atoms with Gasteiger partial charge in [-0.1, -0.05) is 13.8 Å². The lowest BCUT2D eigenvalue weighted by Crippen LogP contribution is -2.47. The minimum absolute atomic E-state index is 0.00823. The number of thiol groups is 1. The third-order valence-corrected chi connectivity index (χ3v) is 2.31. The summed E-state index contributed by atoms with van der Waals surface area (Å²) in [4.78, 5) is 13.5. The Morgan fingerprint density at radius 3 is 2.14 bits per heavy atom. The van der Waals surface area contributed by atoms with Gasteiger partial charge in [0.2, 0.25) is 5.91 Å². The molecule has 0 aromatic heterocycles. The predicted octanol–water partition coefficient (Wildman–Crippen LogP) is 1.01. The van der Waals surface area contributed by atoms with Crippen molar-refractivity contribution in [1.82, 2.24) is 10.2 Å². The fourth-order valence-corrected chi connectivity index (χ4v) is 1.19. The minimum Gasteiger partial charge on any atom is -0.351 e. The van der Waals surface area contributed by atoms with Gasteiger partial charge in [-0.25, -0.2) is 0 Å². The van der Waals surface area contributed by atoms with E-state index in [1.807, 2.05) is 14.1 Å². The first-order valence-corrected chi connectivity index (χ1v) is 5.49. The third-order valence-electron chi connectivity index (χ3n) is 2.07. The van der Waals surface area contributed by atoms with Crippen molar-refractivity contribution in [2.24, 2.45) is 5.92 Å². The predicted molar refractivity (Wildman–Crippen MR) is 63.8 cm³/mol. The molecule has 0 aliphatic carbocycles. The topological polar surface area (TPSA) is 32.3 Å². The van der Waals surface area contributed by atoms with Crippen LogP contribution in [0.25, 0.3) is 0 Å². The first-order chi connectivity index (χ1) is 6.34. The molecule has 2 unspecified atom stereocenters. The summed E-state index contributed by atoms with van der Waals surface area (Å²) < 4.78 is 0. The summed E-state index contributed by atoms with van der Waals surface area (Å²) >= 11 is 4.10. The highest BCUT2D eigenvalue weighted by Crippen LogP contribution is 2.04. The van der Waals surface area contributed by atoms with Gasteiger partial charge in [0.1, 0.15) is 0 Å². The molecular formula is C10H22N2OS. The van der Waals surface area contributed by atoms with E-state index >= 15 is 0 Å². The van der Waals surface area contributed by atoms with Crippen molar-refractivity contribution < 1.29 is 4.79 Å². The molecule has 0 heterocycles. The van der Waals surface area contributed by atoms with E-state index in [9.17, 15) is 4.79 Å². The van der Waals surface area contributed by atoms with E-state index in [1.54, 1.807) is 6.92 Å². The molecule has 0 radical (unpaired) electrons. The Kier molecular flexibility index (Phi) is 6.20. The molecule has 0 saturated carbocycles. The molecule has 0 bridgehead atoms. The largest absolute Gasteiger partial charge is 0.351 e. The number of hydrogen-bond acceptors (Lipinski definition) is 3. The standard InChI is InChI=1S/C10H22N2OS/c1-7(2)9(6-12(4)5)11-10(13)8(3)14/h7-9,14H,6H2,1-5H3,(H,11,13). The monoisotopic (exact) mass is 218 g/mol. The molecule has 4 heteroatoms. The van der Waals surface area contributed by atoms with Gasteiger partial charge in [-0.05, 0) is 26.9 Å². The van der Waals surface area contributed by atoms with Gasteiger partial charge in [-0.15, -0.1) is 0 Å². The van der Waals surface area contributed by atoms with Crippen LogP contribution in [0.1, 0.15) is 20.8 Å². The number of rotatable bonds is 5. The smallest absolute Gasteiger partial charge is 0.232 e. The second kappa shape index (κ2) is 6.30. The molecule has 14 heavy (non-hydrogen) atoms. The summed E-state index contributed by atoms with van der Waals surface area (Å²) in [5, 5.41) is 2.75. The van der Waals surface area contributed by atoms with Crippen LogP contribution in [0.15, 0.2) is 0 Å². The summed E-state index contributed by atoms with van der Waals surface area (Å²) in [6.45, 7) is 6.87. The Bertz CT molecular complexity index is 181. The van der Waals surface area contributed by atoms with Gasteiger partial charge in [-0.3, -0.25) is 4.79 Å². The number of amides is 1. The fourth-order valence-electron chi connectivity index (χ4n) is 1.12. The summed E-state index contributed by atoms with van der Waals surface area (Å²) in [7, 11) is 4.01. The zero-order valence-corrected chi connectivity index (χ0v) is 10.6. The number of nitrogens with zero attached hydrogens (tertiary/aromatic N) is 1. The van der Waals surface area contributed by atoms with E-state index in [-0.39, 0.29) is 17.2 Å². The third kappa shape index (κ3) is 5.50. The Morgan fingerprint density at radius 2 is 1.86 bits per heavy atom. The molecule has 0 fully saturated rings. The van der Waals surface area contributed by atoms with E-state index in [2.05, 4.69) is 36.7 Å². The van der Waals surface area contributed by atoms with Gasteiger partial charge in [0.05, 0.1) is 5.25 Å². The van der Waals surface area contributed by atoms with Gasteiger partial charge >= 0.3 is 0 Å². The van der Waals surface area contributed by atoms with E-state index in [0.717, 1.165) is 6.54 Å². The Morgan fingerprint density at radius 1 is 1.36 bits per heavy atom. The van der Waals surface area contributed by atoms with E-state index in [4.69, 9.17) is 0 Å². The van der Waals surface area contributed by atoms with Crippen molar-refractivity contribution >= 4 is 18.5 Å². The maximum atomic E-state index is 11.4. The van der Waals surface area contributed by atoms with E-state index in [1.165, 1.54) is 0 Å². The first-order valence-electron chi connectivity index (χ1n) is 4.97. The van der Waals surface area contributed by atoms with Gasteiger partial charge < -0.3 is 10.2 Å². The number of carbonyl (C=O) groups is 1. The van der Waals surface area contributed by atoms with Crippen LogP contribution in [0.3, 0.4) is 0 Å². The lowest BCUT2D eigenvalue weighted by Gasteiger charge is -2.26. The lowest BCUT2D eigenvalue weighted by molar-refractivity contribution is -0.121. The van der Waals surface area contributed by atoms with Gasteiger partial charge in [0, 0.05) is 12.6 Å². The average molecular weight is 218 g/mol. The van der Waals surface area contributed by atoms with Crippen LogP contribution in [-0.4, -0.2) is 42.7 Å². The minimum atomic E-state index is -0.238. The fraction of sp³-hybridized carbons (Fsp3) is 0.900. The molecule has 1 amide bonds. The number of carbonyl (C=O) groups excluding carboxylic acids is 1. The maximum absolute atomic E-state index is 11.4. The van der Waals surface area contributed by atoms with E-state index < -0.39 is 0 Å². The molecule has 0 spiro atoms. The van der Waals surface area contributed by atoms with Gasteiger partial charge in [0.15, 0.2) is 0 Å². The summed E-state index contributed by atoms with van der Waals surface area (Å²) in [5.74, 6) is 0.447. The molecule has 0 aromatic rings. The normalized spacial score (nSPS) is 15.7. The van der Waals surface area contributed by atoms with Crippen molar-refractivity contribution in [2.75, 3.05) is 20.6 Å². The van der Waals surface area contributed by atoms with Crippen LogP contribution in [0.2, 0.25) is 0 Å². The molecule has 0 aliphatic rings. The van der Waals surface area contributed by atoms with Crippen molar-refractivity contribution in [2.45, 2.75) is 32.1 Å². The van der Waals surface area contributed by atoms with Crippen molar-refractivity contribution in [1.29, 1.82) is 0 Å². The lowest BCUT2D eigenvalue weighted by atomic mass is 10.0. The van der Waals surface area contributed by atoms with Crippen LogP contribution in [-0.2, 0) is 4.79 Å². The Labute approximate surface area is 92.7 Å². The average Bonchev–Trinajstić information content (AvgIpc) is 2.01. The van der Waals surface area contributed by atoms with Gasteiger partial charge in [0.25, 0.3) is 0 Å². The van der Waals surface area contributed by atoms with Gasteiger partial charge in [-0.2, -0.15) is 12.6 Å². The second-order valence-electron chi connectivity index (χ2n) is 4.30. The van der Waals surface area contributed by atoms with Crippen molar-refractivity contribution in [3.63, 3.8) is 0 Å². The van der Waals surface area contributed by atoms with E-state index in [0.29, 0.717) is 5.92 Å². The van der Waals surface area contributed by atoms with Crippen LogP contribution in [0.5, 0.6) is 0 Å². The molecule has 3 nitrogen and oxygen atoms in total. The Balaban J connectivity index is 4.16. The molecule has 84 valence electrons. The molecule has 0 aromatic carbocycles. The SMILES string of the molecule is CC(S)C(=O)NC(CN(C)C)C(C)C. The number of hydrogen-bond donors (Lipinski definition) is 2. The van der Waals surface area contributed by atoms with Crippen LogP contribution < -0.4 is 5.32 Å². The highest BCUT2D eigenvalue weighted by Gasteiger charge is 2.18. The molecule has 2 atom stereocenters. The molecule has 0 rings (SSSR count). The second-order valence-corrected chi connectivity index (χ2v) is 5.07. The molecule has 1 N–H and O–H groups in total. The quantitative estimate of drug-likeness (QED) is 0.675. The highest BCUT2D eigenvalue weighted by molar-refractivity contribution is 7.81. The summed E-state index contributed by atoms with van der Waals surface area (Å²) in [6.07, 6.45) is 0. The highest BCUT2D eigenvalue weighted by atomic mass is 32.1. The summed E-state index contributed by atoms with van der Waals surface area (Å²) in [6, 6.07) is 0.201. The zero-order valence-electron chi connectivity index (χ0n) is 9.74. The number of likely N-dealkylation sites (N-methyl/N-ethyl adjacent to an activating group) is 1. The van der Waals surface area contributed by atoms with Crippen molar-refractivity contribution in [3.05, 3.63) is 0 Å². The Hall–Kier alpha value is -0.220. The zero-order chi connectivity index (χ0) is 11.3. The number of nitrogens with one attached hydrogen (secondary N) is 1. The molecule has 0 saturated heterocycles. The van der Waals surface area contributed by atoms with Crippen LogP contribution in [0.4, 0.5) is 0 Å². The van der Waals surface area contributed by atoms with Crippen molar-refractivity contribution in [3.8, 4) is 0 Å². The summed E-state index contributed by atoms with van der Waals surface area (Å²) in [5.41, 5.74) is 0. The first kappa shape index (κ1) is 13.8. The van der Waals surface area contributed by atoms with Crippen LogP contribution in [0, 0.1) is 5.92 Å². The maximum Gasteiger partial charge on any atom is 0.232 e.